The molecule has 0 aliphatic heterocycles. The van der Waals surface area contributed by atoms with E-state index in [9.17, 15) is 4.39 Å². The Morgan fingerprint density at radius 3 is 2.85 bits per heavy atom. The molecule has 0 spiro atoms. The van der Waals surface area contributed by atoms with Gasteiger partial charge in [-0.15, -0.1) is 11.3 Å². The lowest BCUT2D eigenvalue weighted by atomic mass is 9.87. The lowest BCUT2D eigenvalue weighted by Gasteiger charge is -2.24. The second kappa shape index (κ2) is 7.58. The van der Waals surface area contributed by atoms with Crippen LogP contribution >= 0.6 is 22.9 Å². The van der Waals surface area contributed by atoms with E-state index in [1.165, 1.54) is 10.9 Å². The summed E-state index contributed by atoms with van der Waals surface area (Å²) in [5, 5.41) is 3.77. The van der Waals surface area contributed by atoms with Crippen molar-refractivity contribution >= 4 is 38.8 Å². The molecular formula is C21H21ClFN3S. The maximum Gasteiger partial charge on any atom is 0.131 e. The predicted octanol–water partition coefficient (Wildman–Crippen LogP) is 5.77. The monoisotopic (exact) mass is 401 g/mol. The Morgan fingerprint density at radius 2 is 2.07 bits per heavy atom. The van der Waals surface area contributed by atoms with E-state index >= 15 is 0 Å². The Morgan fingerprint density at radius 1 is 1.30 bits per heavy atom. The molecule has 3 nitrogen and oxygen atoms in total. The molecule has 3 aromatic rings. The Labute approximate surface area is 167 Å². The molecule has 140 valence electrons. The van der Waals surface area contributed by atoms with Crippen molar-refractivity contribution in [3.05, 3.63) is 69.5 Å². The Balaban J connectivity index is 1.72. The molecule has 1 aromatic carbocycles. The minimum absolute atomic E-state index is 0.118. The summed E-state index contributed by atoms with van der Waals surface area (Å²) in [5.74, 6) is 0.0804. The predicted molar refractivity (Wildman–Crippen MR) is 112 cm³/mol. The molecule has 0 unspecified atom stereocenters. The SMILES string of the molecule is Cc1c([C@H]2CC=CC[C@@H]2N)sc2c(NCc3ccccc3F)cc(Cl)nc12. The highest BCUT2D eigenvalue weighted by molar-refractivity contribution is 7.20. The van der Waals surface area contributed by atoms with Gasteiger partial charge in [-0.25, -0.2) is 9.37 Å². The zero-order valence-electron chi connectivity index (χ0n) is 15.0. The third-order valence-corrected chi connectivity index (χ3v) is 6.76. The number of nitrogens with one attached hydrogen (secondary N) is 1. The molecule has 0 bridgehead atoms. The van der Waals surface area contributed by atoms with Crippen LogP contribution in [0.15, 0.2) is 42.5 Å². The molecule has 0 amide bonds. The average molecular weight is 402 g/mol. The molecule has 1 aliphatic carbocycles. The molecule has 2 atom stereocenters. The van der Waals surface area contributed by atoms with Gasteiger partial charge in [-0.2, -0.15) is 0 Å². The topological polar surface area (TPSA) is 50.9 Å². The van der Waals surface area contributed by atoms with Crippen molar-refractivity contribution < 1.29 is 4.39 Å². The average Bonchev–Trinajstić information content (AvgIpc) is 2.98. The first-order chi connectivity index (χ1) is 13.0. The number of nitrogens with two attached hydrogens (primary N) is 1. The summed E-state index contributed by atoms with van der Waals surface area (Å²) in [4.78, 5) is 5.82. The minimum Gasteiger partial charge on any atom is -0.380 e. The number of benzene rings is 1. The highest BCUT2D eigenvalue weighted by Gasteiger charge is 2.26. The Hall–Kier alpha value is -1.95. The summed E-state index contributed by atoms with van der Waals surface area (Å²) >= 11 is 7.99. The van der Waals surface area contributed by atoms with Gasteiger partial charge in [0.15, 0.2) is 0 Å². The van der Waals surface area contributed by atoms with Crippen molar-refractivity contribution in [3.63, 3.8) is 0 Å². The van der Waals surface area contributed by atoms with Gasteiger partial charge in [-0.1, -0.05) is 42.0 Å². The van der Waals surface area contributed by atoms with Crippen molar-refractivity contribution in [2.45, 2.75) is 38.3 Å². The number of fused-ring (bicyclic) bond motifs is 1. The number of aromatic nitrogens is 1. The molecule has 1 aliphatic rings. The number of pyridine rings is 1. The third-order valence-electron chi connectivity index (χ3n) is 5.12. The van der Waals surface area contributed by atoms with Crippen LogP contribution < -0.4 is 11.1 Å². The quantitative estimate of drug-likeness (QED) is 0.431. The first-order valence-corrected chi connectivity index (χ1v) is 10.2. The molecule has 6 heteroatoms. The van der Waals surface area contributed by atoms with Gasteiger partial charge in [0, 0.05) is 35.0 Å². The second-order valence-corrected chi connectivity index (χ2v) is 8.36. The van der Waals surface area contributed by atoms with Crippen LogP contribution in [0, 0.1) is 12.7 Å². The van der Waals surface area contributed by atoms with Crippen LogP contribution in [0.25, 0.3) is 10.2 Å². The molecule has 2 heterocycles. The van der Waals surface area contributed by atoms with Gasteiger partial charge in [-0.05, 0) is 31.4 Å². The van der Waals surface area contributed by atoms with Crippen LogP contribution in [-0.2, 0) is 6.54 Å². The smallest absolute Gasteiger partial charge is 0.131 e. The highest BCUT2D eigenvalue weighted by Crippen LogP contribution is 2.42. The van der Waals surface area contributed by atoms with E-state index in [1.54, 1.807) is 23.5 Å². The Bertz CT molecular complexity index is 1010. The fourth-order valence-corrected chi connectivity index (χ4v) is 5.24. The summed E-state index contributed by atoms with van der Waals surface area (Å²) < 4.78 is 15.0. The van der Waals surface area contributed by atoms with Crippen LogP contribution in [0.2, 0.25) is 5.15 Å². The third kappa shape index (κ3) is 3.59. The zero-order chi connectivity index (χ0) is 19.0. The fourth-order valence-electron chi connectivity index (χ4n) is 3.62. The number of thiophene rings is 1. The first-order valence-electron chi connectivity index (χ1n) is 9.02. The number of aryl methyl sites for hydroxylation is 1. The van der Waals surface area contributed by atoms with Crippen LogP contribution in [0.5, 0.6) is 0 Å². The molecule has 0 saturated heterocycles. The summed E-state index contributed by atoms with van der Waals surface area (Å²) in [6, 6.07) is 8.70. The van der Waals surface area contributed by atoms with E-state index in [4.69, 9.17) is 17.3 Å². The van der Waals surface area contributed by atoms with E-state index in [-0.39, 0.29) is 11.9 Å². The molecule has 0 saturated carbocycles. The summed E-state index contributed by atoms with van der Waals surface area (Å²) in [5.41, 5.74) is 9.92. The van der Waals surface area contributed by atoms with Crippen molar-refractivity contribution in [1.29, 1.82) is 0 Å². The van der Waals surface area contributed by atoms with Crippen molar-refractivity contribution in [3.8, 4) is 0 Å². The lowest BCUT2D eigenvalue weighted by molar-refractivity contribution is 0.526. The minimum atomic E-state index is -0.218. The van der Waals surface area contributed by atoms with Crippen LogP contribution in [-0.4, -0.2) is 11.0 Å². The van der Waals surface area contributed by atoms with Gasteiger partial charge >= 0.3 is 0 Å². The van der Waals surface area contributed by atoms with Crippen molar-refractivity contribution in [2.24, 2.45) is 5.73 Å². The van der Waals surface area contributed by atoms with E-state index in [0.717, 1.165) is 34.3 Å². The molecule has 4 rings (SSSR count). The van der Waals surface area contributed by atoms with Crippen LogP contribution in [0.1, 0.15) is 34.8 Å². The van der Waals surface area contributed by atoms with E-state index in [1.807, 2.05) is 12.1 Å². The number of anilines is 1. The lowest BCUT2D eigenvalue weighted by Crippen LogP contribution is -2.29. The molecule has 27 heavy (non-hydrogen) atoms. The highest BCUT2D eigenvalue weighted by atomic mass is 35.5. The molecule has 2 aromatic heterocycles. The fraction of sp³-hybridized carbons (Fsp3) is 0.286. The normalized spacial score (nSPS) is 19.6. The van der Waals surface area contributed by atoms with Crippen molar-refractivity contribution in [2.75, 3.05) is 5.32 Å². The summed E-state index contributed by atoms with van der Waals surface area (Å²) in [6.07, 6.45) is 6.20. The van der Waals surface area contributed by atoms with E-state index in [0.29, 0.717) is 23.2 Å². The second-order valence-electron chi connectivity index (χ2n) is 6.92. The molecule has 0 radical (unpaired) electrons. The zero-order valence-corrected chi connectivity index (χ0v) is 16.6. The number of halogens is 2. The van der Waals surface area contributed by atoms with Gasteiger partial charge in [0.05, 0.1) is 15.9 Å². The molecular weight excluding hydrogens is 381 g/mol. The molecule has 0 fully saturated rings. The van der Waals surface area contributed by atoms with Gasteiger partial charge < -0.3 is 11.1 Å². The summed E-state index contributed by atoms with van der Waals surface area (Å²) in [6.45, 7) is 2.48. The van der Waals surface area contributed by atoms with E-state index < -0.39 is 0 Å². The number of hydrogen-bond donors (Lipinski definition) is 2. The van der Waals surface area contributed by atoms with Gasteiger partial charge in [0.1, 0.15) is 11.0 Å². The maximum atomic E-state index is 13.9. The largest absolute Gasteiger partial charge is 0.380 e. The number of nitrogens with zero attached hydrogens (tertiary/aromatic N) is 1. The first kappa shape index (κ1) is 18.4. The number of hydrogen-bond acceptors (Lipinski definition) is 4. The van der Waals surface area contributed by atoms with Gasteiger partial charge in [-0.3, -0.25) is 0 Å². The maximum absolute atomic E-state index is 13.9. The van der Waals surface area contributed by atoms with Crippen LogP contribution in [0.3, 0.4) is 0 Å². The number of allylic oxidation sites excluding steroid dienone is 1. The van der Waals surface area contributed by atoms with Gasteiger partial charge in [0.2, 0.25) is 0 Å². The summed E-state index contributed by atoms with van der Waals surface area (Å²) in [7, 11) is 0. The van der Waals surface area contributed by atoms with Gasteiger partial charge in [0.25, 0.3) is 0 Å². The molecule has 3 N–H and O–H groups in total. The van der Waals surface area contributed by atoms with E-state index in [2.05, 4.69) is 29.4 Å². The van der Waals surface area contributed by atoms with Crippen LogP contribution in [0.4, 0.5) is 10.1 Å². The standard InChI is InChI=1S/C21H21ClFN3S/c1-12-19-21(27-20(12)14-7-3-5-9-16(14)24)17(10-18(22)26-19)25-11-13-6-2-4-8-15(13)23/h2-6,8,10,14,16H,7,9,11,24H2,1H3,(H,25,26)/t14-,16-/m0/s1. The van der Waals surface area contributed by atoms with Crippen molar-refractivity contribution in [1.82, 2.24) is 4.98 Å². The number of rotatable bonds is 4. The Kier molecular flexibility index (Phi) is 5.17.